The van der Waals surface area contributed by atoms with E-state index in [0.29, 0.717) is 6.54 Å². The molecular formula is C9H21ClN2O2S. The fourth-order valence-corrected chi connectivity index (χ4v) is 3.25. The Bertz CT molecular complexity index is 263. The van der Waals surface area contributed by atoms with Gasteiger partial charge in [0.15, 0.2) is 0 Å². The van der Waals surface area contributed by atoms with Gasteiger partial charge in [-0.15, -0.1) is 12.4 Å². The van der Waals surface area contributed by atoms with Crippen molar-refractivity contribution in [2.24, 2.45) is 0 Å². The van der Waals surface area contributed by atoms with Crippen LogP contribution in [0.15, 0.2) is 0 Å². The van der Waals surface area contributed by atoms with Crippen molar-refractivity contribution in [2.45, 2.75) is 32.7 Å². The molecule has 1 atom stereocenters. The van der Waals surface area contributed by atoms with Gasteiger partial charge in [-0.05, 0) is 26.3 Å². The van der Waals surface area contributed by atoms with Gasteiger partial charge in [0.2, 0.25) is 10.0 Å². The highest BCUT2D eigenvalue weighted by atomic mass is 35.5. The summed E-state index contributed by atoms with van der Waals surface area (Å²) in [4.78, 5) is 0. The molecule has 15 heavy (non-hydrogen) atoms. The van der Waals surface area contributed by atoms with Gasteiger partial charge in [0, 0.05) is 19.1 Å². The zero-order valence-electron chi connectivity index (χ0n) is 9.40. The minimum Gasteiger partial charge on any atom is -0.315 e. The lowest BCUT2D eigenvalue weighted by molar-refractivity contribution is 0.335. The van der Waals surface area contributed by atoms with E-state index in [9.17, 15) is 8.42 Å². The van der Waals surface area contributed by atoms with Crippen LogP contribution in [-0.4, -0.2) is 44.2 Å². The van der Waals surface area contributed by atoms with Gasteiger partial charge >= 0.3 is 0 Å². The summed E-state index contributed by atoms with van der Waals surface area (Å²) in [6.07, 6.45) is 1.83. The summed E-state index contributed by atoms with van der Waals surface area (Å²) in [7, 11) is -3.01. The predicted molar refractivity (Wildman–Crippen MR) is 65.0 cm³/mol. The van der Waals surface area contributed by atoms with E-state index < -0.39 is 10.0 Å². The molecule has 0 aromatic carbocycles. The monoisotopic (exact) mass is 256 g/mol. The highest BCUT2D eigenvalue weighted by molar-refractivity contribution is 7.89. The zero-order valence-corrected chi connectivity index (χ0v) is 11.0. The second-order valence-corrected chi connectivity index (χ2v) is 5.87. The Balaban J connectivity index is 0.00000196. The van der Waals surface area contributed by atoms with Crippen molar-refractivity contribution in [1.82, 2.24) is 9.62 Å². The Morgan fingerprint density at radius 1 is 1.40 bits per heavy atom. The highest BCUT2D eigenvalue weighted by Gasteiger charge is 2.29. The molecule has 1 rings (SSSR count). The van der Waals surface area contributed by atoms with Gasteiger partial charge in [-0.2, -0.15) is 4.31 Å². The third-order valence-corrected chi connectivity index (χ3v) is 4.53. The van der Waals surface area contributed by atoms with Crippen LogP contribution in [0.5, 0.6) is 0 Å². The molecule has 1 N–H and O–H groups in total. The predicted octanol–water partition coefficient (Wildman–Crippen LogP) is 0.832. The van der Waals surface area contributed by atoms with Gasteiger partial charge in [0.25, 0.3) is 0 Å². The van der Waals surface area contributed by atoms with Gasteiger partial charge in [-0.3, -0.25) is 0 Å². The molecule has 0 saturated carbocycles. The average Bonchev–Trinajstić information content (AvgIpc) is 2.66. The molecule has 1 heterocycles. The summed E-state index contributed by atoms with van der Waals surface area (Å²) in [6.45, 7) is 6.12. The number of rotatable bonds is 5. The van der Waals surface area contributed by atoms with E-state index in [1.165, 1.54) is 0 Å². The Kier molecular flexibility index (Phi) is 6.75. The summed E-state index contributed by atoms with van der Waals surface area (Å²) in [5, 5.41) is 3.20. The summed E-state index contributed by atoms with van der Waals surface area (Å²) in [5.74, 6) is 0.212. The van der Waals surface area contributed by atoms with Gasteiger partial charge in [-0.1, -0.05) is 6.92 Å². The van der Waals surface area contributed by atoms with E-state index in [1.807, 2.05) is 6.92 Å². The van der Waals surface area contributed by atoms with E-state index >= 15 is 0 Å². The molecule has 1 aliphatic rings. The molecule has 0 radical (unpaired) electrons. The van der Waals surface area contributed by atoms with Crippen molar-refractivity contribution < 1.29 is 8.42 Å². The van der Waals surface area contributed by atoms with Crippen molar-refractivity contribution >= 4 is 22.4 Å². The largest absolute Gasteiger partial charge is 0.315 e. The number of nitrogens with one attached hydrogen (secondary N) is 1. The van der Waals surface area contributed by atoms with Crippen molar-refractivity contribution in [3.8, 4) is 0 Å². The Morgan fingerprint density at radius 3 is 2.47 bits per heavy atom. The Morgan fingerprint density at radius 2 is 2.07 bits per heavy atom. The van der Waals surface area contributed by atoms with E-state index in [1.54, 1.807) is 11.2 Å². The number of hydrogen-bond acceptors (Lipinski definition) is 3. The van der Waals surface area contributed by atoms with Gasteiger partial charge < -0.3 is 5.32 Å². The highest BCUT2D eigenvalue weighted by Crippen LogP contribution is 2.14. The molecule has 4 nitrogen and oxygen atoms in total. The van der Waals surface area contributed by atoms with E-state index in [4.69, 9.17) is 0 Å². The Labute approximate surface area is 98.9 Å². The standard InChI is InChI=1S/C9H20N2O2S.ClH/c1-3-7-11(14(12,13)4-2)9-5-6-10-8-9;/h9-10H,3-8H2,1-2H3;1H. The van der Waals surface area contributed by atoms with Crippen LogP contribution in [-0.2, 0) is 10.0 Å². The molecule has 0 aromatic heterocycles. The summed E-state index contributed by atoms with van der Waals surface area (Å²) in [6, 6.07) is 0.180. The second kappa shape index (κ2) is 6.68. The molecule has 0 aliphatic carbocycles. The van der Waals surface area contributed by atoms with Crippen LogP contribution in [0, 0.1) is 0 Å². The molecule has 1 unspecified atom stereocenters. The van der Waals surface area contributed by atoms with Crippen molar-refractivity contribution in [3.05, 3.63) is 0 Å². The van der Waals surface area contributed by atoms with Crippen LogP contribution >= 0.6 is 12.4 Å². The molecule has 0 bridgehead atoms. The van der Waals surface area contributed by atoms with Crippen LogP contribution < -0.4 is 5.32 Å². The van der Waals surface area contributed by atoms with Crippen molar-refractivity contribution in [2.75, 3.05) is 25.4 Å². The SMILES string of the molecule is CCCN(C1CCNC1)S(=O)(=O)CC.Cl. The number of hydrogen-bond donors (Lipinski definition) is 1. The lowest BCUT2D eigenvalue weighted by atomic mass is 10.2. The first-order valence-corrected chi connectivity index (χ1v) is 6.93. The van der Waals surface area contributed by atoms with E-state index in [-0.39, 0.29) is 24.2 Å². The maximum atomic E-state index is 11.8. The molecule has 1 fully saturated rings. The fourth-order valence-electron chi connectivity index (χ4n) is 1.82. The molecule has 1 saturated heterocycles. The third-order valence-electron chi connectivity index (χ3n) is 2.61. The normalized spacial score (nSPS) is 21.7. The summed E-state index contributed by atoms with van der Waals surface area (Å²) >= 11 is 0. The molecule has 1 aliphatic heterocycles. The first-order valence-electron chi connectivity index (χ1n) is 5.32. The maximum Gasteiger partial charge on any atom is 0.214 e. The summed E-state index contributed by atoms with van der Waals surface area (Å²) in [5.41, 5.74) is 0. The van der Waals surface area contributed by atoms with Crippen LogP contribution in [0.1, 0.15) is 26.7 Å². The first kappa shape index (κ1) is 15.2. The van der Waals surface area contributed by atoms with Crippen LogP contribution in [0.25, 0.3) is 0 Å². The van der Waals surface area contributed by atoms with Gasteiger partial charge in [0.1, 0.15) is 0 Å². The average molecular weight is 257 g/mol. The fraction of sp³-hybridized carbons (Fsp3) is 1.00. The van der Waals surface area contributed by atoms with Gasteiger partial charge in [0.05, 0.1) is 5.75 Å². The molecular weight excluding hydrogens is 236 g/mol. The molecule has 6 heteroatoms. The maximum absolute atomic E-state index is 11.8. The molecule has 0 aromatic rings. The third kappa shape index (κ3) is 3.90. The van der Waals surface area contributed by atoms with Crippen LogP contribution in [0.2, 0.25) is 0 Å². The smallest absolute Gasteiger partial charge is 0.214 e. The minimum atomic E-state index is -3.01. The molecule has 0 spiro atoms. The first-order chi connectivity index (χ1) is 6.61. The van der Waals surface area contributed by atoms with Gasteiger partial charge in [-0.25, -0.2) is 8.42 Å². The van der Waals surface area contributed by atoms with Crippen molar-refractivity contribution in [3.63, 3.8) is 0 Å². The topological polar surface area (TPSA) is 49.4 Å². The summed E-state index contributed by atoms with van der Waals surface area (Å²) < 4.78 is 25.2. The number of sulfonamides is 1. The number of nitrogens with zero attached hydrogens (tertiary/aromatic N) is 1. The second-order valence-electron chi connectivity index (χ2n) is 3.66. The van der Waals surface area contributed by atoms with Crippen LogP contribution in [0.3, 0.4) is 0 Å². The molecule has 0 amide bonds. The van der Waals surface area contributed by atoms with Crippen molar-refractivity contribution in [1.29, 1.82) is 0 Å². The Hall–Kier alpha value is 0.160. The number of halogens is 1. The lowest BCUT2D eigenvalue weighted by Gasteiger charge is -2.26. The zero-order chi connectivity index (χ0) is 10.6. The van der Waals surface area contributed by atoms with E-state index in [2.05, 4.69) is 5.32 Å². The molecule has 92 valence electrons. The van der Waals surface area contributed by atoms with E-state index in [0.717, 1.165) is 25.9 Å². The van der Waals surface area contributed by atoms with Crippen LogP contribution in [0.4, 0.5) is 0 Å². The lowest BCUT2D eigenvalue weighted by Crippen LogP contribution is -2.42. The quantitative estimate of drug-likeness (QED) is 0.793. The minimum absolute atomic E-state index is 0.